The van der Waals surface area contributed by atoms with Gasteiger partial charge in [0.1, 0.15) is 5.01 Å². The molecule has 0 spiro atoms. The summed E-state index contributed by atoms with van der Waals surface area (Å²) in [5.41, 5.74) is 1.17. The van der Waals surface area contributed by atoms with Crippen LogP contribution in [-0.2, 0) is 12.2 Å². The van der Waals surface area contributed by atoms with Crippen molar-refractivity contribution in [3.63, 3.8) is 0 Å². The number of nitrogens with one attached hydrogen (secondary N) is 1. The molecule has 2 rings (SSSR count). The molecule has 0 aromatic carbocycles. The van der Waals surface area contributed by atoms with E-state index in [1.807, 2.05) is 7.05 Å². The zero-order valence-electron chi connectivity index (χ0n) is 10.7. The van der Waals surface area contributed by atoms with E-state index in [1.54, 1.807) is 34.4 Å². The van der Waals surface area contributed by atoms with Crippen molar-refractivity contribution in [2.45, 2.75) is 25.5 Å². The van der Waals surface area contributed by atoms with Gasteiger partial charge in [0.15, 0.2) is 5.01 Å². The van der Waals surface area contributed by atoms with E-state index in [4.69, 9.17) is 4.98 Å². The van der Waals surface area contributed by atoms with Gasteiger partial charge in [0.05, 0.1) is 10.6 Å². The Morgan fingerprint density at radius 2 is 2.11 bits per heavy atom. The van der Waals surface area contributed by atoms with Gasteiger partial charge in [0, 0.05) is 12.8 Å². The van der Waals surface area contributed by atoms with Gasteiger partial charge in [-0.2, -0.15) is 11.8 Å². The lowest BCUT2D eigenvalue weighted by Gasteiger charge is -1.94. The maximum absolute atomic E-state index is 4.72. The first-order chi connectivity index (χ1) is 8.78. The molecule has 7 heteroatoms. The Labute approximate surface area is 119 Å². The summed E-state index contributed by atoms with van der Waals surface area (Å²) in [7, 11) is 1.86. The molecule has 0 aliphatic carbocycles. The molecule has 2 heterocycles. The minimum atomic E-state index is 0.854. The Balaban J connectivity index is 2.34. The quantitative estimate of drug-likeness (QED) is 0.884. The van der Waals surface area contributed by atoms with E-state index in [0.29, 0.717) is 0 Å². The minimum absolute atomic E-state index is 0.854. The van der Waals surface area contributed by atoms with Crippen LogP contribution < -0.4 is 5.32 Å². The molecule has 0 radical (unpaired) electrons. The fourth-order valence-electron chi connectivity index (χ4n) is 1.58. The molecule has 2 aromatic heterocycles. The molecule has 4 nitrogen and oxygen atoms in total. The lowest BCUT2D eigenvalue weighted by molar-refractivity contribution is 0.888. The molecule has 98 valence electrons. The third kappa shape index (κ3) is 3.02. The highest BCUT2D eigenvalue weighted by molar-refractivity contribution is 7.97. The summed E-state index contributed by atoms with van der Waals surface area (Å²) in [6, 6.07) is 0. The minimum Gasteiger partial charge on any atom is -0.363 e. The second-order valence-corrected chi connectivity index (χ2v) is 6.66. The van der Waals surface area contributed by atoms with Crippen LogP contribution in [0.1, 0.15) is 24.0 Å². The van der Waals surface area contributed by atoms with Crippen molar-refractivity contribution in [3.8, 4) is 9.88 Å². The van der Waals surface area contributed by atoms with Crippen LogP contribution in [0.4, 0.5) is 5.13 Å². The van der Waals surface area contributed by atoms with Gasteiger partial charge in [-0.3, -0.25) is 0 Å². The summed E-state index contributed by atoms with van der Waals surface area (Å²) in [6.45, 7) is 2.18. The molecule has 0 fully saturated rings. The summed E-state index contributed by atoms with van der Waals surface area (Å²) < 4.78 is 0. The summed E-state index contributed by atoms with van der Waals surface area (Å²) in [4.78, 5) is 5.91. The number of anilines is 1. The number of rotatable bonds is 6. The van der Waals surface area contributed by atoms with E-state index >= 15 is 0 Å². The topological polar surface area (TPSA) is 50.7 Å². The van der Waals surface area contributed by atoms with Crippen LogP contribution in [0.25, 0.3) is 9.88 Å². The molecule has 0 aliphatic rings. The molecule has 0 saturated carbocycles. The predicted octanol–water partition coefficient (Wildman–Crippen LogP) is 3.52. The van der Waals surface area contributed by atoms with Gasteiger partial charge < -0.3 is 5.32 Å². The first-order valence-electron chi connectivity index (χ1n) is 5.77. The van der Waals surface area contributed by atoms with Crippen molar-refractivity contribution in [2.75, 3.05) is 18.6 Å². The maximum Gasteiger partial charge on any atom is 0.205 e. The highest BCUT2D eigenvalue weighted by atomic mass is 32.2. The average Bonchev–Trinajstić information content (AvgIpc) is 2.96. The van der Waals surface area contributed by atoms with Crippen LogP contribution >= 0.6 is 34.4 Å². The van der Waals surface area contributed by atoms with E-state index in [1.165, 1.54) is 15.6 Å². The largest absolute Gasteiger partial charge is 0.363 e. The van der Waals surface area contributed by atoms with E-state index in [2.05, 4.69) is 28.7 Å². The Kier molecular flexibility index (Phi) is 4.96. The van der Waals surface area contributed by atoms with Crippen LogP contribution in [0.15, 0.2) is 0 Å². The van der Waals surface area contributed by atoms with Crippen molar-refractivity contribution >= 4 is 39.6 Å². The van der Waals surface area contributed by atoms with Gasteiger partial charge in [0.25, 0.3) is 0 Å². The number of thioether (sulfide) groups is 1. The third-order valence-corrected chi connectivity index (χ3v) is 5.27. The van der Waals surface area contributed by atoms with E-state index in [0.717, 1.165) is 28.7 Å². The first kappa shape index (κ1) is 13.8. The van der Waals surface area contributed by atoms with Gasteiger partial charge in [-0.05, 0) is 12.7 Å². The van der Waals surface area contributed by atoms with Crippen molar-refractivity contribution in [2.24, 2.45) is 0 Å². The molecule has 0 unspecified atom stereocenters. The van der Waals surface area contributed by atoms with Gasteiger partial charge in [-0.1, -0.05) is 24.7 Å². The molecule has 18 heavy (non-hydrogen) atoms. The molecule has 2 aromatic rings. The molecule has 0 atom stereocenters. The first-order valence-corrected chi connectivity index (χ1v) is 8.80. The Morgan fingerprint density at radius 3 is 2.72 bits per heavy atom. The summed E-state index contributed by atoms with van der Waals surface area (Å²) >= 11 is 5.14. The monoisotopic (exact) mass is 300 g/mol. The fraction of sp³-hybridized carbons (Fsp3) is 0.545. The van der Waals surface area contributed by atoms with E-state index in [-0.39, 0.29) is 0 Å². The predicted molar refractivity (Wildman–Crippen MR) is 81.8 cm³/mol. The van der Waals surface area contributed by atoms with Gasteiger partial charge in [0.2, 0.25) is 5.13 Å². The Bertz CT molecular complexity index is 506. The number of hydrogen-bond acceptors (Lipinski definition) is 7. The zero-order chi connectivity index (χ0) is 13.0. The Hall–Kier alpha value is -0.660. The maximum atomic E-state index is 4.72. The smallest absolute Gasteiger partial charge is 0.205 e. The molecule has 0 saturated heterocycles. The van der Waals surface area contributed by atoms with Crippen LogP contribution in [0.3, 0.4) is 0 Å². The molecule has 1 N–H and O–H groups in total. The lowest BCUT2D eigenvalue weighted by Crippen LogP contribution is -1.87. The van der Waals surface area contributed by atoms with Crippen LogP contribution in [0, 0.1) is 0 Å². The van der Waals surface area contributed by atoms with Gasteiger partial charge >= 0.3 is 0 Å². The SMILES string of the molecule is CCCc1nc(CSC)sc1-c1nnc(NC)s1. The van der Waals surface area contributed by atoms with Gasteiger partial charge in [-0.15, -0.1) is 21.5 Å². The molecule has 0 aliphatic heterocycles. The molecule has 0 amide bonds. The van der Waals surface area contributed by atoms with Crippen molar-refractivity contribution in [1.82, 2.24) is 15.2 Å². The number of hydrogen-bond donors (Lipinski definition) is 1. The van der Waals surface area contributed by atoms with Gasteiger partial charge in [-0.25, -0.2) is 4.98 Å². The normalized spacial score (nSPS) is 10.8. The number of thiazole rings is 1. The second kappa shape index (κ2) is 6.49. The summed E-state index contributed by atoms with van der Waals surface area (Å²) in [6.07, 6.45) is 4.21. The van der Waals surface area contributed by atoms with Crippen molar-refractivity contribution in [1.29, 1.82) is 0 Å². The van der Waals surface area contributed by atoms with Crippen molar-refractivity contribution in [3.05, 3.63) is 10.7 Å². The molecular formula is C11H16N4S3. The van der Waals surface area contributed by atoms with Crippen molar-refractivity contribution < 1.29 is 0 Å². The molecular weight excluding hydrogens is 284 g/mol. The lowest BCUT2D eigenvalue weighted by atomic mass is 10.2. The number of aromatic nitrogens is 3. The highest BCUT2D eigenvalue weighted by Crippen LogP contribution is 2.35. The highest BCUT2D eigenvalue weighted by Gasteiger charge is 2.16. The van der Waals surface area contributed by atoms with E-state index < -0.39 is 0 Å². The van der Waals surface area contributed by atoms with Crippen LogP contribution in [0.2, 0.25) is 0 Å². The summed E-state index contributed by atoms with van der Waals surface area (Å²) in [5, 5.41) is 14.4. The average molecular weight is 300 g/mol. The fourth-order valence-corrected chi connectivity index (χ4v) is 4.17. The zero-order valence-corrected chi connectivity index (χ0v) is 13.1. The summed E-state index contributed by atoms with van der Waals surface area (Å²) in [5.74, 6) is 0.971. The Morgan fingerprint density at radius 1 is 1.28 bits per heavy atom. The molecule has 0 bridgehead atoms. The third-order valence-electron chi connectivity index (χ3n) is 2.33. The number of aryl methyl sites for hydroxylation is 1. The van der Waals surface area contributed by atoms with Crippen LogP contribution in [0.5, 0.6) is 0 Å². The standard InChI is InChI=1S/C11H16N4S3/c1-4-5-7-9(17-8(13-7)6-16-3)10-14-15-11(12-2)18-10/h4-6H2,1-3H3,(H,12,15). The van der Waals surface area contributed by atoms with E-state index in [9.17, 15) is 0 Å². The van der Waals surface area contributed by atoms with Crippen LogP contribution in [-0.4, -0.2) is 28.5 Å². The second-order valence-electron chi connectivity index (χ2n) is 3.73. The number of nitrogens with zero attached hydrogens (tertiary/aromatic N) is 3.